The zero-order valence-electron chi connectivity index (χ0n) is 29.4. The summed E-state index contributed by atoms with van der Waals surface area (Å²) in [5.41, 5.74) is 26.5. The van der Waals surface area contributed by atoms with Crippen molar-refractivity contribution in [3.8, 4) is 44.6 Å². The Bertz CT molecular complexity index is 2530. The van der Waals surface area contributed by atoms with Crippen molar-refractivity contribution in [3.05, 3.63) is 211 Å². The third-order valence-corrected chi connectivity index (χ3v) is 9.80. The maximum absolute atomic E-state index is 6.71. The van der Waals surface area contributed by atoms with Crippen LogP contribution in [0.3, 0.4) is 0 Å². The van der Waals surface area contributed by atoms with Gasteiger partial charge in [0.1, 0.15) is 0 Å². The minimum absolute atomic E-state index is 0.0955. The number of pyridine rings is 1. The molecule has 1 aromatic heterocycles. The number of hydrogen-bond acceptors (Lipinski definition) is 4. The molecule has 0 amide bonds. The number of nitrogens with zero attached hydrogens (tertiary/aromatic N) is 1. The lowest BCUT2D eigenvalue weighted by Crippen LogP contribution is -2.17. The van der Waals surface area contributed by atoms with Crippen molar-refractivity contribution in [2.24, 2.45) is 11.5 Å². The predicted molar refractivity (Wildman–Crippen MR) is 223 cm³/mol. The number of nitrogens with two attached hydrogens (primary N) is 2. The van der Waals surface area contributed by atoms with E-state index in [0.717, 1.165) is 50.5 Å². The monoisotopic (exact) mass is 684 g/mol. The van der Waals surface area contributed by atoms with Crippen LogP contribution in [0, 0.1) is 0 Å². The second-order valence-electron chi connectivity index (χ2n) is 13.2. The number of benzene rings is 7. The quantitative estimate of drug-likeness (QED) is 0.163. The van der Waals surface area contributed by atoms with Gasteiger partial charge in [-0.15, -0.1) is 0 Å². The number of fused-ring (bicyclic) bond motifs is 5. The summed E-state index contributed by atoms with van der Waals surface area (Å²) in [6.07, 6.45) is 4.00. The van der Waals surface area contributed by atoms with E-state index in [1.54, 1.807) is 0 Å². The second-order valence-corrected chi connectivity index (χ2v) is 13.2. The Kier molecular flexibility index (Phi) is 9.60. The lowest BCUT2D eigenvalue weighted by molar-refractivity contribution is 0.974. The Morgan fingerprint density at radius 1 is 0.585 bits per heavy atom. The summed E-state index contributed by atoms with van der Waals surface area (Å²) in [6, 6.07) is 63.3. The van der Waals surface area contributed by atoms with Crippen LogP contribution in [0.5, 0.6) is 0 Å². The first-order valence-electron chi connectivity index (χ1n) is 18.0. The highest BCUT2D eigenvalue weighted by atomic mass is 14.9. The smallest absolute Gasteiger partial charge is 0.0727 e. The predicted octanol–water partition coefficient (Wildman–Crippen LogP) is 11.5. The highest BCUT2D eigenvalue weighted by Gasteiger charge is 2.25. The van der Waals surface area contributed by atoms with E-state index in [1.165, 1.54) is 33.0 Å². The highest BCUT2D eigenvalue weighted by Crippen LogP contribution is 2.46. The van der Waals surface area contributed by atoms with E-state index in [4.69, 9.17) is 11.5 Å². The summed E-state index contributed by atoms with van der Waals surface area (Å²) >= 11 is 0. The molecule has 256 valence electrons. The van der Waals surface area contributed by atoms with Gasteiger partial charge in [-0.05, 0) is 91.7 Å². The molecule has 9 rings (SSSR count). The van der Waals surface area contributed by atoms with Crippen molar-refractivity contribution < 1.29 is 0 Å². The summed E-state index contributed by atoms with van der Waals surface area (Å²) in [4.78, 5) is 4.64. The van der Waals surface area contributed by atoms with E-state index < -0.39 is 0 Å². The van der Waals surface area contributed by atoms with Crippen molar-refractivity contribution in [1.82, 2.24) is 4.98 Å². The topological polar surface area (TPSA) is 77.0 Å². The largest absolute Gasteiger partial charge is 0.398 e. The van der Waals surface area contributed by atoms with E-state index >= 15 is 0 Å². The van der Waals surface area contributed by atoms with Gasteiger partial charge in [-0.25, -0.2) is 0 Å². The zero-order chi connectivity index (χ0) is 36.0. The summed E-state index contributed by atoms with van der Waals surface area (Å²) in [6.45, 7) is 0.640. The number of nitrogens with one attached hydrogen (secondary N) is 1. The molecule has 0 aliphatic carbocycles. The van der Waals surface area contributed by atoms with Crippen molar-refractivity contribution in [2.75, 3.05) is 5.32 Å². The summed E-state index contributed by atoms with van der Waals surface area (Å²) < 4.78 is 0. The molecule has 1 aliphatic heterocycles. The molecule has 0 saturated heterocycles. The molecular formula is C49H40N4. The van der Waals surface area contributed by atoms with Crippen LogP contribution in [0.1, 0.15) is 22.7 Å². The van der Waals surface area contributed by atoms with Gasteiger partial charge in [0.05, 0.1) is 11.7 Å². The lowest BCUT2D eigenvalue weighted by atomic mass is 9.84. The van der Waals surface area contributed by atoms with Gasteiger partial charge in [0.15, 0.2) is 0 Å². The minimum Gasteiger partial charge on any atom is -0.398 e. The second kappa shape index (κ2) is 15.2. The van der Waals surface area contributed by atoms with Crippen LogP contribution in [0.2, 0.25) is 0 Å². The molecule has 8 aromatic rings. The molecule has 0 saturated carbocycles. The van der Waals surface area contributed by atoms with Crippen LogP contribution in [0.4, 0.5) is 5.69 Å². The minimum atomic E-state index is -0.0955. The Balaban J connectivity index is 0.000000445. The van der Waals surface area contributed by atoms with Gasteiger partial charge in [0.2, 0.25) is 0 Å². The molecule has 1 aliphatic rings. The van der Waals surface area contributed by atoms with Gasteiger partial charge in [0, 0.05) is 35.3 Å². The molecule has 2 heterocycles. The molecule has 4 heteroatoms. The van der Waals surface area contributed by atoms with E-state index in [-0.39, 0.29) is 6.04 Å². The van der Waals surface area contributed by atoms with E-state index in [0.29, 0.717) is 6.54 Å². The third-order valence-electron chi connectivity index (χ3n) is 9.80. The number of aromatic nitrogens is 1. The molecule has 0 spiro atoms. The molecule has 0 fully saturated rings. The van der Waals surface area contributed by atoms with E-state index in [2.05, 4.69) is 138 Å². The van der Waals surface area contributed by atoms with Crippen LogP contribution in [0.15, 0.2) is 194 Å². The Morgan fingerprint density at radius 2 is 1.28 bits per heavy atom. The van der Waals surface area contributed by atoms with Crippen molar-refractivity contribution in [2.45, 2.75) is 12.6 Å². The fraction of sp³-hybridized carbons (Fsp3) is 0.0408. The van der Waals surface area contributed by atoms with Gasteiger partial charge in [0.25, 0.3) is 0 Å². The molecule has 53 heavy (non-hydrogen) atoms. The SMILES string of the molecule is N/C(=C\C1Nc2ccc3ccccc3c2-c2ccc(-c3cccc(-c4ccccc4-c4ccccn4)c3)cc21)c1ccccc1.NCc1ccccc1. The molecule has 1 unspecified atom stereocenters. The van der Waals surface area contributed by atoms with Crippen LogP contribution in [-0.2, 0) is 6.54 Å². The Labute approximate surface area is 311 Å². The molecule has 4 nitrogen and oxygen atoms in total. The molecule has 7 aromatic carbocycles. The molecule has 0 bridgehead atoms. The van der Waals surface area contributed by atoms with E-state index in [9.17, 15) is 0 Å². The average Bonchev–Trinajstić information content (AvgIpc) is 3.24. The Hall–Kier alpha value is -6.75. The third kappa shape index (κ3) is 7.09. The normalized spacial score (nSPS) is 13.2. The Morgan fingerprint density at radius 3 is 2.06 bits per heavy atom. The molecular weight excluding hydrogens is 645 g/mol. The van der Waals surface area contributed by atoms with Gasteiger partial charge in [-0.2, -0.15) is 0 Å². The summed E-state index contributed by atoms with van der Waals surface area (Å²) in [5, 5.41) is 6.29. The maximum atomic E-state index is 6.71. The van der Waals surface area contributed by atoms with Crippen LogP contribution < -0.4 is 16.8 Å². The fourth-order valence-corrected chi connectivity index (χ4v) is 7.15. The molecule has 0 radical (unpaired) electrons. The summed E-state index contributed by atoms with van der Waals surface area (Å²) in [7, 11) is 0. The van der Waals surface area contributed by atoms with Crippen molar-refractivity contribution in [1.29, 1.82) is 0 Å². The number of rotatable bonds is 6. The first-order valence-corrected chi connectivity index (χ1v) is 18.0. The van der Waals surface area contributed by atoms with Gasteiger partial charge < -0.3 is 16.8 Å². The van der Waals surface area contributed by atoms with Crippen LogP contribution >= 0.6 is 0 Å². The van der Waals surface area contributed by atoms with Gasteiger partial charge in [-0.1, -0.05) is 152 Å². The standard InChI is InChI=1S/C42H31N3.C7H9N/c43-38(29-12-2-1-3-13-29)27-41-37-26-31(20-22-36(37)42-34-17-5-4-11-28(34)21-23-40(42)45-41)30-14-10-15-32(25-30)33-16-6-7-18-35(33)39-19-8-9-24-44-39;8-6-7-4-2-1-3-5-7/h1-27,41,45H,43H2;1-5H,6,8H2/b38-27-;. The first kappa shape index (κ1) is 33.4. The molecule has 5 N–H and O–H groups in total. The first-order chi connectivity index (χ1) is 26.2. The zero-order valence-corrected chi connectivity index (χ0v) is 29.4. The van der Waals surface area contributed by atoms with Crippen LogP contribution in [0.25, 0.3) is 61.1 Å². The number of hydrogen-bond donors (Lipinski definition) is 3. The van der Waals surface area contributed by atoms with Crippen molar-refractivity contribution in [3.63, 3.8) is 0 Å². The highest BCUT2D eigenvalue weighted by molar-refractivity contribution is 6.05. The van der Waals surface area contributed by atoms with Gasteiger partial charge in [-0.3, -0.25) is 4.98 Å². The average molecular weight is 685 g/mol. The number of anilines is 1. The fourth-order valence-electron chi connectivity index (χ4n) is 7.15. The van der Waals surface area contributed by atoms with Crippen LogP contribution in [-0.4, -0.2) is 4.98 Å². The lowest BCUT2D eigenvalue weighted by Gasteiger charge is -2.30. The maximum Gasteiger partial charge on any atom is 0.0727 e. The molecule has 1 atom stereocenters. The van der Waals surface area contributed by atoms with E-state index in [1.807, 2.05) is 66.9 Å². The van der Waals surface area contributed by atoms with Crippen molar-refractivity contribution >= 4 is 22.2 Å². The summed E-state index contributed by atoms with van der Waals surface area (Å²) in [5.74, 6) is 0. The van der Waals surface area contributed by atoms with Gasteiger partial charge >= 0.3 is 0 Å².